The van der Waals surface area contributed by atoms with Gasteiger partial charge in [-0.2, -0.15) is 0 Å². The Bertz CT molecular complexity index is 564. The number of nitrogens with zero attached hydrogens (tertiary/aromatic N) is 1. The van der Waals surface area contributed by atoms with E-state index in [4.69, 9.17) is 9.15 Å². The second-order valence-corrected chi connectivity index (χ2v) is 4.78. The minimum atomic E-state index is -0.584. The highest BCUT2D eigenvalue weighted by Gasteiger charge is 2.17. The molecule has 0 aliphatic carbocycles. The summed E-state index contributed by atoms with van der Waals surface area (Å²) in [6.45, 7) is 3.55. The Hall–Kier alpha value is -2.34. The van der Waals surface area contributed by atoms with Gasteiger partial charge in [0.1, 0.15) is 11.8 Å². The Balaban J connectivity index is 2.02. The summed E-state index contributed by atoms with van der Waals surface area (Å²) < 4.78 is 10.6. The van der Waals surface area contributed by atoms with Crippen molar-refractivity contribution in [2.45, 2.75) is 26.0 Å². The first-order valence-electron chi connectivity index (χ1n) is 6.68. The molecule has 0 saturated carbocycles. The fourth-order valence-corrected chi connectivity index (χ4v) is 1.76. The third-order valence-corrected chi connectivity index (χ3v) is 2.73. The lowest BCUT2D eigenvalue weighted by Crippen LogP contribution is -2.30. The SMILES string of the molecule is CC(C)Oc1ccc(C(=O)NC(CO)c2ccco2)cn1. The summed E-state index contributed by atoms with van der Waals surface area (Å²) in [7, 11) is 0. The van der Waals surface area contributed by atoms with Crippen LogP contribution in [-0.2, 0) is 0 Å². The van der Waals surface area contributed by atoms with Gasteiger partial charge in [-0.3, -0.25) is 4.79 Å². The van der Waals surface area contributed by atoms with Crippen LogP contribution in [0, 0.1) is 0 Å². The van der Waals surface area contributed by atoms with Gasteiger partial charge in [0.15, 0.2) is 0 Å². The average molecular weight is 290 g/mol. The van der Waals surface area contributed by atoms with Crippen LogP contribution in [0.4, 0.5) is 0 Å². The summed E-state index contributed by atoms with van der Waals surface area (Å²) in [5.41, 5.74) is 0.385. The molecule has 1 unspecified atom stereocenters. The Morgan fingerprint density at radius 2 is 2.24 bits per heavy atom. The van der Waals surface area contributed by atoms with E-state index >= 15 is 0 Å². The van der Waals surface area contributed by atoms with Crippen LogP contribution in [0.25, 0.3) is 0 Å². The number of hydrogen-bond acceptors (Lipinski definition) is 5. The number of hydrogen-bond donors (Lipinski definition) is 2. The lowest BCUT2D eigenvalue weighted by Gasteiger charge is -2.14. The summed E-state index contributed by atoms with van der Waals surface area (Å²) in [4.78, 5) is 16.2. The van der Waals surface area contributed by atoms with Gasteiger partial charge in [-0.1, -0.05) is 0 Å². The molecule has 0 aliphatic heterocycles. The van der Waals surface area contributed by atoms with Crippen molar-refractivity contribution in [2.75, 3.05) is 6.61 Å². The predicted octanol–water partition coefficient (Wildman–Crippen LogP) is 1.93. The topological polar surface area (TPSA) is 84.6 Å². The minimum Gasteiger partial charge on any atom is -0.475 e. The van der Waals surface area contributed by atoms with Crippen LogP contribution < -0.4 is 10.1 Å². The van der Waals surface area contributed by atoms with E-state index in [2.05, 4.69) is 10.3 Å². The van der Waals surface area contributed by atoms with E-state index in [-0.39, 0.29) is 18.6 Å². The average Bonchev–Trinajstić information content (AvgIpc) is 2.98. The zero-order valence-corrected chi connectivity index (χ0v) is 11.9. The van der Waals surface area contributed by atoms with E-state index in [0.29, 0.717) is 17.2 Å². The smallest absolute Gasteiger partial charge is 0.253 e. The van der Waals surface area contributed by atoms with Crippen LogP contribution in [0.3, 0.4) is 0 Å². The molecule has 2 aromatic heterocycles. The van der Waals surface area contributed by atoms with E-state index in [0.717, 1.165) is 0 Å². The molecule has 2 aromatic rings. The van der Waals surface area contributed by atoms with Crippen LogP contribution >= 0.6 is 0 Å². The molecule has 0 saturated heterocycles. The van der Waals surface area contributed by atoms with Crippen molar-refractivity contribution in [1.29, 1.82) is 0 Å². The Kier molecular flexibility index (Phi) is 4.94. The van der Waals surface area contributed by atoms with Crippen molar-refractivity contribution in [3.8, 4) is 5.88 Å². The maximum absolute atomic E-state index is 12.1. The fraction of sp³-hybridized carbons (Fsp3) is 0.333. The normalized spacial score (nSPS) is 12.2. The van der Waals surface area contributed by atoms with Gasteiger partial charge >= 0.3 is 0 Å². The second kappa shape index (κ2) is 6.90. The van der Waals surface area contributed by atoms with Gasteiger partial charge in [-0.25, -0.2) is 4.98 Å². The maximum atomic E-state index is 12.1. The van der Waals surface area contributed by atoms with Gasteiger partial charge in [0.25, 0.3) is 5.91 Å². The molecule has 0 aromatic carbocycles. The number of amides is 1. The predicted molar refractivity (Wildman–Crippen MR) is 76.0 cm³/mol. The van der Waals surface area contributed by atoms with Gasteiger partial charge in [0.05, 0.1) is 24.5 Å². The summed E-state index contributed by atoms with van der Waals surface area (Å²) in [5.74, 6) is 0.624. The van der Waals surface area contributed by atoms with Crippen molar-refractivity contribution in [3.05, 3.63) is 48.0 Å². The Morgan fingerprint density at radius 1 is 1.43 bits per heavy atom. The lowest BCUT2D eigenvalue weighted by atomic mass is 10.2. The highest BCUT2D eigenvalue weighted by molar-refractivity contribution is 5.94. The lowest BCUT2D eigenvalue weighted by molar-refractivity contribution is 0.0907. The Morgan fingerprint density at radius 3 is 2.76 bits per heavy atom. The first kappa shape index (κ1) is 15.1. The number of aliphatic hydroxyl groups is 1. The molecule has 2 rings (SSSR count). The summed E-state index contributed by atoms with van der Waals surface area (Å²) in [6.07, 6.45) is 2.95. The molecule has 0 fully saturated rings. The Labute approximate surface area is 122 Å². The van der Waals surface area contributed by atoms with Crippen molar-refractivity contribution < 1.29 is 19.1 Å². The molecule has 0 spiro atoms. The summed E-state index contributed by atoms with van der Waals surface area (Å²) in [6, 6.07) is 6.06. The molecular weight excluding hydrogens is 272 g/mol. The van der Waals surface area contributed by atoms with Crippen molar-refractivity contribution in [1.82, 2.24) is 10.3 Å². The highest BCUT2D eigenvalue weighted by atomic mass is 16.5. The molecule has 6 heteroatoms. The van der Waals surface area contributed by atoms with Gasteiger partial charge in [0, 0.05) is 12.3 Å². The summed E-state index contributed by atoms with van der Waals surface area (Å²) >= 11 is 0. The monoisotopic (exact) mass is 290 g/mol. The number of rotatable bonds is 6. The molecule has 1 atom stereocenters. The third-order valence-electron chi connectivity index (χ3n) is 2.73. The van der Waals surface area contributed by atoms with Crippen LogP contribution in [-0.4, -0.2) is 28.7 Å². The zero-order chi connectivity index (χ0) is 15.2. The second-order valence-electron chi connectivity index (χ2n) is 4.78. The zero-order valence-electron chi connectivity index (χ0n) is 11.9. The van der Waals surface area contributed by atoms with E-state index < -0.39 is 6.04 Å². The first-order chi connectivity index (χ1) is 10.1. The van der Waals surface area contributed by atoms with Gasteiger partial charge in [-0.05, 0) is 32.0 Å². The van der Waals surface area contributed by atoms with E-state index in [1.807, 2.05) is 13.8 Å². The molecular formula is C15H18N2O4. The molecule has 1 amide bonds. The van der Waals surface area contributed by atoms with Gasteiger partial charge in [0.2, 0.25) is 5.88 Å². The molecule has 2 heterocycles. The van der Waals surface area contributed by atoms with Crippen molar-refractivity contribution >= 4 is 5.91 Å². The van der Waals surface area contributed by atoms with Crippen molar-refractivity contribution in [2.24, 2.45) is 0 Å². The molecule has 0 aliphatic rings. The fourth-order valence-electron chi connectivity index (χ4n) is 1.76. The van der Waals surface area contributed by atoms with Crippen LogP contribution in [0.2, 0.25) is 0 Å². The van der Waals surface area contributed by atoms with Crippen molar-refractivity contribution in [3.63, 3.8) is 0 Å². The molecule has 21 heavy (non-hydrogen) atoms. The maximum Gasteiger partial charge on any atom is 0.253 e. The van der Waals surface area contributed by atoms with Crippen LogP contribution in [0.5, 0.6) is 5.88 Å². The van der Waals surface area contributed by atoms with E-state index in [9.17, 15) is 9.90 Å². The quantitative estimate of drug-likeness (QED) is 0.849. The third kappa shape index (κ3) is 4.06. The largest absolute Gasteiger partial charge is 0.475 e. The van der Waals surface area contributed by atoms with Crippen LogP contribution in [0.1, 0.15) is 36.0 Å². The number of carbonyl (C=O) groups excluding carboxylic acids is 1. The number of ether oxygens (including phenoxy) is 1. The summed E-state index contributed by atoms with van der Waals surface area (Å²) in [5, 5.41) is 12.0. The number of pyridine rings is 1. The number of aliphatic hydroxyl groups excluding tert-OH is 1. The van der Waals surface area contributed by atoms with Gasteiger partial charge in [-0.15, -0.1) is 0 Å². The van der Waals surface area contributed by atoms with Gasteiger partial charge < -0.3 is 19.6 Å². The molecule has 0 bridgehead atoms. The number of carbonyl (C=O) groups is 1. The molecule has 6 nitrogen and oxygen atoms in total. The number of aromatic nitrogens is 1. The minimum absolute atomic E-state index is 0.0231. The van der Waals surface area contributed by atoms with Crippen LogP contribution in [0.15, 0.2) is 41.1 Å². The van der Waals surface area contributed by atoms with E-state index in [1.165, 1.54) is 12.5 Å². The number of nitrogens with one attached hydrogen (secondary N) is 1. The first-order valence-corrected chi connectivity index (χ1v) is 6.68. The highest BCUT2D eigenvalue weighted by Crippen LogP contribution is 2.14. The van der Waals surface area contributed by atoms with E-state index in [1.54, 1.807) is 24.3 Å². The molecule has 0 radical (unpaired) electrons. The molecule has 2 N–H and O–H groups in total. The molecule has 112 valence electrons. The number of furan rings is 1. The standard InChI is InChI=1S/C15H18N2O4/c1-10(2)21-14-6-5-11(8-16-14)15(19)17-12(9-18)13-4-3-7-20-13/h3-8,10,12,18H,9H2,1-2H3,(H,17,19).